The predicted octanol–water partition coefficient (Wildman–Crippen LogP) is 5.56. The maximum Gasteiger partial charge on any atom is 0.407 e. The summed E-state index contributed by atoms with van der Waals surface area (Å²) >= 11 is 0. The molecule has 37 heavy (non-hydrogen) atoms. The second-order valence-electron chi connectivity index (χ2n) is 11.4. The number of nitrogens with one attached hydrogen (secondary N) is 1. The van der Waals surface area contributed by atoms with Crippen molar-refractivity contribution in [3.63, 3.8) is 0 Å². The minimum Gasteiger partial charge on any atom is -0.458 e. The van der Waals surface area contributed by atoms with Crippen LogP contribution >= 0.6 is 0 Å². The van der Waals surface area contributed by atoms with Gasteiger partial charge in [0.2, 0.25) is 0 Å². The molecular formula is C30H37NO6. The minimum atomic E-state index is -0.931. The zero-order chi connectivity index (χ0) is 26.2. The maximum absolute atomic E-state index is 13.2. The molecule has 2 aromatic carbocycles. The van der Waals surface area contributed by atoms with E-state index in [1.165, 1.54) is 0 Å². The number of hydrogen-bond donors (Lipinski definition) is 1. The molecule has 3 atom stereocenters. The van der Waals surface area contributed by atoms with Gasteiger partial charge in [-0.1, -0.05) is 55.5 Å². The fraction of sp³-hybridized carbons (Fsp3) is 0.533. The Labute approximate surface area is 218 Å². The summed E-state index contributed by atoms with van der Waals surface area (Å²) in [5.41, 5.74) is 3.88. The molecule has 7 heteroatoms. The molecule has 1 saturated carbocycles. The molecule has 0 aromatic heterocycles. The van der Waals surface area contributed by atoms with Gasteiger partial charge in [-0.15, -0.1) is 0 Å². The molecule has 198 valence electrons. The molecule has 5 rings (SSSR count). The van der Waals surface area contributed by atoms with Crippen LogP contribution in [0.5, 0.6) is 0 Å². The molecule has 7 nitrogen and oxygen atoms in total. The summed E-state index contributed by atoms with van der Waals surface area (Å²) in [7, 11) is 0. The molecule has 2 fully saturated rings. The number of carbonyl (C=O) groups is 2. The zero-order valence-corrected chi connectivity index (χ0v) is 22.1. The Morgan fingerprint density at radius 2 is 1.62 bits per heavy atom. The Bertz CT molecular complexity index is 1100. The number of hydrogen-bond acceptors (Lipinski definition) is 6. The van der Waals surface area contributed by atoms with E-state index in [1.54, 1.807) is 0 Å². The summed E-state index contributed by atoms with van der Waals surface area (Å²) in [6.07, 6.45) is 2.85. The van der Waals surface area contributed by atoms with E-state index in [4.69, 9.17) is 18.9 Å². The molecule has 0 radical (unpaired) electrons. The molecule has 0 bridgehead atoms. The lowest BCUT2D eigenvalue weighted by atomic mass is 9.95. The number of benzene rings is 2. The van der Waals surface area contributed by atoms with Crippen LogP contribution in [-0.4, -0.2) is 48.8 Å². The van der Waals surface area contributed by atoms with Crippen LogP contribution in [0.4, 0.5) is 4.79 Å². The van der Waals surface area contributed by atoms with Gasteiger partial charge >= 0.3 is 12.1 Å². The molecule has 1 spiro atoms. The van der Waals surface area contributed by atoms with E-state index in [9.17, 15) is 9.59 Å². The summed E-state index contributed by atoms with van der Waals surface area (Å²) in [6.45, 7) is 7.86. The molecule has 0 unspecified atom stereocenters. The van der Waals surface area contributed by atoms with Crippen LogP contribution in [0.3, 0.4) is 0 Å². The highest BCUT2D eigenvalue weighted by molar-refractivity contribution is 5.82. The lowest BCUT2D eigenvalue weighted by Gasteiger charge is -2.31. The Kier molecular flexibility index (Phi) is 7.03. The summed E-state index contributed by atoms with van der Waals surface area (Å²) in [6, 6.07) is 15.4. The van der Waals surface area contributed by atoms with Crippen LogP contribution in [0.25, 0.3) is 11.1 Å². The molecule has 2 aromatic rings. The van der Waals surface area contributed by atoms with Gasteiger partial charge in [0.25, 0.3) is 0 Å². The van der Waals surface area contributed by atoms with Gasteiger partial charge in [-0.2, -0.15) is 0 Å². The first-order chi connectivity index (χ1) is 17.7. The molecule has 1 aliphatic heterocycles. The summed E-state index contributed by atoms with van der Waals surface area (Å²) in [4.78, 5) is 26.3. The fourth-order valence-electron chi connectivity index (χ4n) is 5.76. The highest BCUT2D eigenvalue weighted by Crippen LogP contribution is 2.44. The monoisotopic (exact) mass is 507 g/mol. The van der Waals surface area contributed by atoms with Crippen LogP contribution in [0.15, 0.2) is 48.5 Å². The average Bonchev–Trinajstić information content (AvgIpc) is 3.58. The standard InChI is InChI=1S/C30H37NO6/c1-19(25-18-35-30(36-25)15-9-10-16-30)26(27(32)37-29(2,3)4)31-28(33)34-17-24-22-13-7-5-11-20(22)21-12-6-8-14-23(21)24/h5-8,11-14,19,24-26H,9-10,15-18H2,1-4H3,(H,31,33)/t19-,25-,26-/m0/s1. The third kappa shape index (κ3) is 5.39. The van der Waals surface area contributed by atoms with Crippen molar-refractivity contribution in [1.82, 2.24) is 5.32 Å². The minimum absolute atomic E-state index is 0.0654. The maximum atomic E-state index is 13.2. The van der Waals surface area contributed by atoms with E-state index in [-0.39, 0.29) is 24.5 Å². The molecular weight excluding hydrogens is 470 g/mol. The Morgan fingerprint density at radius 3 is 2.22 bits per heavy atom. The summed E-state index contributed by atoms with van der Waals surface area (Å²) in [5, 5.41) is 2.80. The molecule has 2 aliphatic carbocycles. The first kappa shape index (κ1) is 25.7. The van der Waals surface area contributed by atoms with E-state index in [1.807, 2.05) is 52.0 Å². The Hall–Kier alpha value is -2.90. The van der Waals surface area contributed by atoms with Crippen molar-refractivity contribution in [2.24, 2.45) is 5.92 Å². The van der Waals surface area contributed by atoms with Crippen molar-refractivity contribution in [3.8, 4) is 11.1 Å². The van der Waals surface area contributed by atoms with Gasteiger partial charge < -0.3 is 24.3 Å². The van der Waals surface area contributed by atoms with Crippen LogP contribution in [0, 0.1) is 5.92 Å². The Balaban J connectivity index is 1.28. The van der Waals surface area contributed by atoms with Gasteiger partial charge in [-0.3, -0.25) is 0 Å². The number of ether oxygens (including phenoxy) is 4. The van der Waals surface area contributed by atoms with Crippen molar-refractivity contribution in [2.75, 3.05) is 13.2 Å². The van der Waals surface area contributed by atoms with Crippen molar-refractivity contribution in [1.29, 1.82) is 0 Å². The highest BCUT2D eigenvalue weighted by Gasteiger charge is 2.48. The van der Waals surface area contributed by atoms with Gasteiger partial charge in [0, 0.05) is 24.7 Å². The fourth-order valence-corrected chi connectivity index (χ4v) is 5.76. The van der Waals surface area contributed by atoms with Crippen molar-refractivity contribution < 1.29 is 28.5 Å². The van der Waals surface area contributed by atoms with Gasteiger partial charge in [-0.05, 0) is 55.9 Å². The lowest BCUT2D eigenvalue weighted by molar-refractivity contribution is -0.173. The summed E-state index contributed by atoms with van der Waals surface area (Å²) in [5.74, 6) is -1.50. The number of esters is 1. The van der Waals surface area contributed by atoms with E-state index in [2.05, 4.69) is 29.6 Å². The number of alkyl carbamates (subject to hydrolysis) is 1. The number of carbonyl (C=O) groups excluding carboxylic acids is 2. The first-order valence-electron chi connectivity index (χ1n) is 13.3. The van der Waals surface area contributed by atoms with E-state index in [0.29, 0.717) is 6.61 Å². The largest absolute Gasteiger partial charge is 0.458 e. The van der Waals surface area contributed by atoms with Crippen LogP contribution in [0.1, 0.15) is 70.4 Å². The van der Waals surface area contributed by atoms with Gasteiger partial charge in [0.15, 0.2) is 5.79 Å². The molecule has 1 heterocycles. The first-order valence-corrected chi connectivity index (χ1v) is 13.3. The van der Waals surface area contributed by atoms with Crippen molar-refractivity contribution in [2.45, 2.75) is 82.8 Å². The summed E-state index contributed by atoms with van der Waals surface area (Å²) < 4.78 is 23.7. The quantitative estimate of drug-likeness (QED) is 0.516. The van der Waals surface area contributed by atoms with Crippen LogP contribution < -0.4 is 5.32 Å². The van der Waals surface area contributed by atoms with Crippen LogP contribution in [-0.2, 0) is 23.7 Å². The normalized spacial score (nSPS) is 21.8. The highest BCUT2D eigenvalue weighted by atomic mass is 16.7. The van der Waals surface area contributed by atoms with Crippen molar-refractivity contribution in [3.05, 3.63) is 59.7 Å². The second-order valence-corrected chi connectivity index (χ2v) is 11.4. The van der Waals surface area contributed by atoms with E-state index in [0.717, 1.165) is 47.9 Å². The van der Waals surface area contributed by atoms with Crippen LogP contribution in [0.2, 0.25) is 0 Å². The molecule has 1 N–H and O–H groups in total. The van der Waals surface area contributed by atoms with Gasteiger partial charge in [0.1, 0.15) is 18.2 Å². The van der Waals surface area contributed by atoms with Gasteiger partial charge in [0.05, 0.1) is 12.7 Å². The molecule has 3 aliphatic rings. The number of fused-ring (bicyclic) bond motifs is 3. The number of rotatable bonds is 6. The SMILES string of the molecule is C[C@@H]([C@@H]1COC2(CCCC2)O1)[C@H](NC(=O)OCC1c2ccccc2-c2ccccc21)C(=O)OC(C)(C)C. The topological polar surface area (TPSA) is 83.1 Å². The smallest absolute Gasteiger partial charge is 0.407 e. The third-order valence-corrected chi connectivity index (χ3v) is 7.63. The van der Waals surface area contributed by atoms with Gasteiger partial charge in [-0.25, -0.2) is 9.59 Å². The predicted molar refractivity (Wildman–Crippen MR) is 139 cm³/mol. The molecule has 1 amide bonds. The third-order valence-electron chi connectivity index (χ3n) is 7.63. The Morgan fingerprint density at radius 1 is 1.03 bits per heavy atom. The second kappa shape index (κ2) is 10.1. The zero-order valence-electron chi connectivity index (χ0n) is 22.1. The van der Waals surface area contributed by atoms with E-state index >= 15 is 0 Å². The van der Waals surface area contributed by atoms with Crippen molar-refractivity contribution >= 4 is 12.1 Å². The average molecular weight is 508 g/mol. The molecule has 1 saturated heterocycles. The number of amides is 1. The lowest BCUT2D eigenvalue weighted by Crippen LogP contribution is -2.51. The van der Waals surface area contributed by atoms with E-state index < -0.39 is 29.5 Å².